The number of hydrogen-bond donors (Lipinski definition) is 1. The van der Waals surface area contributed by atoms with Gasteiger partial charge in [-0.15, -0.1) is 0 Å². The average Bonchev–Trinajstić information content (AvgIpc) is 2.94. The summed E-state index contributed by atoms with van der Waals surface area (Å²) in [5.74, 6) is 1.50. The van der Waals surface area contributed by atoms with Crippen LogP contribution in [-0.4, -0.2) is 29.1 Å². The van der Waals surface area contributed by atoms with E-state index in [1.165, 1.54) is 0 Å². The molecule has 0 aliphatic heterocycles. The first kappa shape index (κ1) is 15.1. The van der Waals surface area contributed by atoms with Crippen LogP contribution >= 0.6 is 0 Å². The number of amides is 1. The maximum atomic E-state index is 12.1. The van der Waals surface area contributed by atoms with Crippen molar-refractivity contribution in [1.82, 2.24) is 14.9 Å². The van der Waals surface area contributed by atoms with Gasteiger partial charge in [-0.1, -0.05) is 24.3 Å². The van der Waals surface area contributed by atoms with Gasteiger partial charge in [-0.25, -0.2) is 4.98 Å². The lowest BCUT2D eigenvalue weighted by Crippen LogP contribution is -2.27. The highest BCUT2D eigenvalue weighted by Gasteiger charge is 2.15. The predicted molar refractivity (Wildman–Crippen MR) is 90.4 cm³/mol. The number of likely N-dealkylation sites (N-methyl/N-ethyl adjacent to an activating group) is 1. The van der Waals surface area contributed by atoms with E-state index in [1.807, 2.05) is 60.0 Å². The summed E-state index contributed by atoms with van der Waals surface area (Å²) in [7, 11) is 1.64. The fraction of sp³-hybridized carbons (Fsp3) is 0.222. The van der Waals surface area contributed by atoms with Gasteiger partial charge in [-0.2, -0.15) is 0 Å². The van der Waals surface area contributed by atoms with E-state index >= 15 is 0 Å². The Bertz CT molecular complexity index is 839. The van der Waals surface area contributed by atoms with Crippen molar-refractivity contribution in [2.75, 3.05) is 13.7 Å². The summed E-state index contributed by atoms with van der Waals surface area (Å²) >= 11 is 0. The van der Waals surface area contributed by atoms with Gasteiger partial charge in [0.25, 0.3) is 0 Å². The number of carbonyl (C=O) groups is 1. The predicted octanol–water partition coefficient (Wildman–Crippen LogP) is 2.85. The van der Waals surface area contributed by atoms with Crippen molar-refractivity contribution >= 4 is 16.9 Å². The van der Waals surface area contributed by atoms with Crippen molar-refractivity contribution in [3.63, 3.8) is 0 Å². The molecule has 5 nitrogen and oxygen atoms in total. The molecule has 118 valence electrons. The molecule has 23 heavy (non-hydrogen) atoms. The van der Waals surface area contributed by atoms with Gasteiger partial charge in [0.2, 0.25) is 5.91 Å². The van der Waals surface area contributed by atoms with Crippen molar-refractivity contribution in [2.45, 2.75) is 13.5 Å². The van der Waals surface area contributed by atoms with Crippen LogP contribution in [0, 0.1) is 0 Å². The number of aromatic nitrogens is 2. The third-order valence-corrected chi connectivity index (χ3v) is 3.66. The van der Waals surface area contributed by atoms with E-state index in [9.17, 15) is 4.79 Å². The van der Waals surface area contributed by atoms with Gasteiger partial charge in [0.1, 0.15) is 18.1 Å². The molecule has 0 bridgehead atoms. The second-order valence-corrected chi connectivity index (χ2v) is 5.20. The van der Waals surface area contributed by atoms with Crippen LogP contribution in [0.25, 0.3) is 22.4 Å². The van der Waals surface area contributed by atoms with Gasteiger partial charge < -0.3 is 14.6 Å². The number of ether oxygens (including phenoxy) is 1. The van der Waals surface area contributed by atoms with E-state index < -0.39 is 0 Å². The summed E-state index contributed by atoms with van der Waals surface area (Å²) in [6, 6.07) is 15.5. The molecule has 0 saturated carbocycles. The number of benzene rings is 2. The van der Waals surface area contributed by atoms with Crippen LogP contribution in [0.1, 0.15) is 6.92 Å². The Morgan fingerprint density at radius 2 is 2.04 bits per heavy atom. The van der Waals surface area contributed by atoms with E-state index in [2.05, 4.69) is 5.32 Å². The minimum absolute atomic E-state index is 0.0280. The Labute approximate surface area is 134 Å². The topological polar surface area (TPSA) is 56.2 Å². The van der Waals surface area contributed by atoms with Crippen LogP contribution in [0.4, 0.5) is 0 Å². The molecule has 0 aliphatic carbocycles. The molecule has 3 aromatic rings. The Hall–Kier alpha value is -2.82. The van der Waals surface area contributed by atoms with Gasteiger partial charge in [0.05, 0.1) is 18.1 Å². The largest absolute Gasteiger partial charge is 0.497 e. The molecule has 5 heteroatoms. The van der Waals surface area contributed by atoms with Crippen LogP contribution in [-0.2, 0) is 11.3 Å². The minimum atomic E-state index is -0.0280. The molecule has 0 spiro atoms. The molecule has 0 atom stereocenters. The monoisotopic (exact) mass is 309 g/mol. The van der Waals surface area contributed by atoms with Crippen molar-refractivity contribution < 1.29 is 9.53 Å². The Kier molecular flexibility index (Phi) is 4.28. The highest BCUT2D eigenvalue weighted by molar-refractivity contribution is 5.84. The van der Waals surface area contributed by atoms with Gasteiger partial charge >= 0.3 is 0 Å². The van der Waals surface area contributed by atoms with Gasteiger partial charge in [0.15, 0.2) is 0 Å². The van der Waals surface area contributed by atoms with Gasteiger partial charge in [0, 0.05) is 12.1 Å². The lowest BCUT2D eigenvalue weighted by atomic mass is 10.2. The number of methoxy groups -OCH3 is 1. The van der Waals surface area contributed by atoms with E-state index in [0.29, 0.717) is 6.54 Å². The number of para-hydroxylation sites is 2. The van der Waals surface area contributed by atoms with Gasteiger partial charge in [-0.05, 0) is 31.2 Å². The molecule has 1 aromatic heterocycles. The summed E-state index contributed by atoms with van der Waals surface area (Å²) < 4.78 is 7.23. The maximum Gasteiger partial charge on any atom is 0.240 e. The standard InChI is InChI=1S/C18H19N3O2/c1-3-19-17(22)12-21-16-10-5-4-9-15(16)20-18(21)13-7-6-8-14(11-13)23-2/h4-11H,3,12H2,1-2H3,(H,19,22). The number of fused-ring (bicyclic) bond motifs is 1. The number of rotatable bonds is 5. The highest BCUT2D eigenvalue weighted by Crippen LogP contribution is 2.27. The quantitative estimate of drug-likeness (QED) is 0.788. The fourth-order valence-corrected chi connectivity index (χ4v) is 2.61. The summed E-state index contributed by atoms with van der Waals surface area (Å²) in [6.45, 7) is 2.76. The second kappa shape index (κ2) is 6.52. The van der Waals surface area contributed by atoms with Crippen LogP contribution in [0.3, 0.4) is 0 Å². The van der Waals surface area contributed by atoms with Crippen LogP contribution < -0.4 is 10.1 Å². The number of imidazole rings is 1. The van der Waals surface area contributed by atoms with Gasteiger partial charge in [-0.3, -0.25) is 4.79 Å². The SMILES string of the molecule is CCNC(=O)Cn1c(-c2cccc(OC)c2)nc2ccccc21. The van der Waals surface area contributed by atoms with Crippen molar-refractivity contribution in [3.05, 3.63) is 48.5 Å². The Morgan fingerprint density at radius 1 is 1.22 bits per heavy atom. The molecule has 1 amide bonds. The zero-order valence-electron chi connectivity index (χ0n) is 13.2. The lowest BCUT2D eigenvalue weighted by Gasteiger charge is -2.10. The Balaban J connectivity index is 2.13. The number of nitrogens with one attached hydrogen (secondary N) is 1. The zero-order valence-corrected chi connectivity index (χ0v) is 13.2. The fourth-order valence-electron chi connectivity index (χ4n) is 2.61. The first-order valence-corrected chi connectivity index (χ1v) is 7.59. The lowest BCUT2D eigenvalue weighted by molar-refractivity contribution is -0.121. The summed E-state index contributed by atoms with van der Waals surface area (Å²) in [6.07, 6.45) is 0. The van der Waals surface area contributed by atoms with Crippen molar-refractivity contribution in [3.8, 4) is 17.1 Å². The summed E-state index contributed by atoms with van der Waals surface area (Å²) in [5, 5.41) is 2.84. The molecule has 1 heterocycles. The van der Waals surface area contributed by atoms with Crippen molar-refractivity contribution in [1.29, 1.82) is 0 Å². The molecule has 0 unspecified atom stereocenters. The molecule has 0 saturated heterocycles. The third-order valence-electron chi connectivity index (χ3n) is 3.66. The number of carbonyl (C=O) groups excluding carboxylic acids is 1. The van der Waals surface area contributed by atoms with Crippen LogP contribution in [0.2, 0.25) is 0 Å². The van der Waals surface area contributed by atoms with E-state index in [-0.39, 0.29) is 12.5 Å². The zero-order chi connectivity index (χ0) is 16.2. The van der Waals surface area contributed by atoms with Crippen LogP contribution in [0.15, 0.2) is 48.5 Å². The summed E-state index contributed by atoms with van der Waals surface area (Å²) in [5.41, 5.74) is 2.73. The smallest absolute Gasteiger partial charge is 0.240 e. The highest BCUT2D eigenvalue weighted by atomic mass is 16.5. The van der Waals surface area contributed by atoms with E-state index in [4.69, 9.17) is 9.72 Å². The molecule has 0 aliphatic rings. The third kappa shape index (κ3) is 3.04. The normalized spacial score (nSPS) is 10.7. The molecule has 2 aromatic carbocycles. The molecule has 0 radical (unpaired) electrons. The first-order valence-electron chi connectivity index (χ1n) is 7.59. The molecule has 3 rings (SSSR count). The average molecular weight is 309 g/mol. The second-order valence-electron chi connectivity index (χ2n) is 5.20. The molecule has 0 fully saturated rings. The number of hydrogen-bond acceptors (Lipinski definition) is 3. The molecular formula is C18H19N3O2. The first-order chi connectivity index (χ1) is 11.2. The molecular weight excluding hydrogens is 290 g/mol. The van der Waals surface area contributed by atoms with E-state index in [1.54, 1.807) is 7.11 Å². The van der Waals surface area contributed by atoms with Crippen molar-refractivity contribution in [2.24, 2.45) is 0 Å². The van der Waals surface area contributed by atoms with E-state index in [0.717, 1.165) is 28.2 Å². The maximum absolute atomic E-state index is 12.1. The van der Waals surface area contributed by atoms with Crippen LogP contribution in [0.5, 0.6) is 5.75 Å². The molecule has 1 N–H and O–H groups in total. The number of nitrogens with zero attached hydrogens (tertiary/aromatic N) is 2. The Morgan fingerprint density at radius 3 is 2.83 bits per heavy atom. The summed E-state index contributed by atoms with van der Waals surface area (Å²) in [4.78, 5) is 16.8. The minimum Gasteiger partial charge on any atom is -0.497 e.